The Balaban J connectivity index is 1.79. The molecule has 6 heteroatoms. The summed E-state index contributed by atoms with van der Waals surface area (Å²) in [5.74, 6) is -0.834. The molecule has 5 nitrogen and oxygen atoms in total. The van der Waals surface area contributed by atoms with Crippen LogP contribution in [0.15, 0.2) is 48.8 Å². The topological polar surface area (TPSA) is 80.9 Å². The second-order valence-electron chi connectivity index (χ2n) is 4.76. The summed E-state index contributed by atoms with van der Waals surface area (Å²) in [6, 6.07) is 9.51. The Hall–Kier alpha value is -3.02. The number of carbonyl (C=O) groups excluding carboxylic acids is 1. The number of nitrogens with two attached hydrogens (primary N) is 1. The van der Waals surface area contributed by atoms with E-state index in [-0.39, 0.29) is 23.7 Å². The van der Waals surface area contributed by atoms with E-state index in [1.807, 2.05) is 0 Å². The van der Waals surface area contributed by atoms with Gasteiger partial charge in [-0.15, -0.1) is 0 Å². The number of anilines is 1. The predicted octanol–water partition coefficient (Wildman–Crippen LogP) is 2.28. The van der Waals surface area contributed by atoms with E-state index in [0.29, 0.717) is 11.2 Å². The van der Waals surface area contributed by atoms with Crippen molar-refractivity contribution in [3.05, 3.63) is 65.9 Å². The number of nitrogen functional groups attached to an aromatic ring is 1. The van der Waals surface area contributed by atoms with Crippen molar-refractivity contribution in [2.45, 2.75) is 6.54 Å². The zero-order valence-electron chi connectivity index (χ0n) is 11.6. The molecule has 0 aliphatic heterocycles. The molecule has 0 saturated carbocycles. The number of nitrogens with zero attached hydrogens (tertiary/aromatic N) is 2. The molecular formula is C16H13FN4O. The summed E-state index contributed by atoms with van der Waals surface area (Å²) in [7, 11) is 0. The maximum absolute atomic E-state index is 13.7. The van der Waals surface area contributed by atoms with Crippen LogP contribution in [0, 0.1) is 5.82 Å². The fraction of sp³-hybridized carbons (Fsp3) is 0.0625. The molecule has 0 saturated heterocycles. The zero-order valence-corrected chi connectivity index (χ0v) is 11.6. The van der Waals surface area contributed by atoms with Crippen molar-refractivity contribution in [3.8, 4) is 0 Å². The first-order valence-corrected chi connectivity index (χ1v) is 6.67. The second kappa shape index (κ2) is 5.77. The number of halogens is 1. The highest BCUT2D eigenvalue weighted by Crippen LogP contribution is 2.15. The van der Waals surface area contributed by atoms with Gasteiger partial charge in [0.25, 0.3) is 5.91 Å². The molecule has 3 aromatic rings. The van der Waals surface area contributed by atoms with Crippen LogP contribution in [0.5, 0.6) is 0 Å². The van der Waals surface area contributed by atoms with E-state index in [2.05, 4.69) is 15.3 Å². The molecule has 0 fully saturated rings. The van der Waals surface area contributed by atoms with Gasteiger partial charge >= 0.3 is 0 Å². The van der Waals surface area contributed by atoms with E-state index in [9.17, 15) is 9.18 Å². The number of hydrogen-bond acceptors (Lipinski definition) is 4. The van der Waals surface area contributed by atoms with Crippen LogP contribution in [0.2, 0.25) is 0 Å². The minimum atomic E-state index is -0.446. The van der Waals surface area contributed by atoms with Crippen LogP contribution in [0.1, 0.15) is 16.1 Å². The highest BCUT2D eigenvalue weighted by molar-refractivity contribution is 5.94. The number of aromatic nitrogens is 2. The number of pyridine rings is 2. The maximum atomic E-state index is 13.7. The Morgan fingerprint density at radius 1 is 1.23 bits per heavy atom. The molecule has 0 aliphatic rings. The van der Waals surface area contributed by atoms with E-state index >= 15 is 0 Å². The summed E-state index contributed by atoms with van der Waals surface area (Å²) in [5.41, 5.74) is 7.21. The van der Waals surface area contributed by atoms with Gasteiger partial charge in [0.15, 0.2) is 0 Å². The van der Waals surface area contributed by atoms with E-state index in [4.69, 9.17) is 5.73 Å². The normalized spacial score (nSPS) is 10.6. The maximum Gasteiger partial charge on any atom is 0.270 e. The van der Waals surface area contributed by atoms with Crippen LogP contribution in [-0.2, 0) is 6.54 Å². The largest absolute Gasteiger partial charge is 0.398 e. The molecule has 0 bridgehead atoms. The van der Waals surface area contributed by atoms with Crippen molar-refractivity contribution in [2.24, 2.45) is 0 Å². The van der Waals surface area contributed by atoms with E-state index in [1.54, 1.807) is 36.7 Å². The van der Waals surface area contributed by atoms with Gasteiger partial charge < -0.3 is 11.1 Å². The third-order valence-corrected chi connectivity index (χ3v) is 3.30. The standard InChI is InChI=1S/C16H13FN4O/c17-12-2-1-3-13(18)11(12)9-20-16(22)15-5-4-10-8-19-7-6-14(10)21-15/h1-8H,9,18H2,(H,20,22). The molecule has 110 valence electrons. The fourth-order valence-corrected chi connectivity index (χ4v) is 2.11. The summed E-state index contributed by atoms with van der Waals surface area (Å²) in [6.45, 7) is 0.00734. The van der Waals surface area contributed by atoms with Gasteiger partial charge in [0, 0.05) is 35.6 Å². The van der Waals surface area contributed by atoms with Gasteiger partial charge in [-0.25, -0.2) is 9.37 Å². The van der Waals surface area contributed by atoms with E-state index in [1.165, 1.54) is 12.1 Å². The van der Waals surface area contributed by atoms with Crippen molar-refractivity contribution in [3.63, 3.8) is 0 Å². The second-order valence-corrected chi connectivity index (χ2v) is 4.76. The Labute approximate surface area is 126 Å². The van der Waals surface area contributed by atoms with Crippen molar-refractivity contribution in [1.82, 2.24) is 15.3 Å². The van der Waals surface area contributed by atoms with Gasteiger partial charge in [0.1, 0.15) is 11.5 Å². The van der Waals surface area contributed by atoms with Crippen molar-refractivity contribution in [1.29, 1.82) is 0 Å². The van der Waals surface area contributed by atoms with E-state index in [0.717, 1.165) is 5.39 Å². The summed E-state index contributed by atoms with van der Waals surface area (Å²) >= 11 is 0. The Bertz CT molecular complexity index is 830. The predicted molar refractivity (Wildman–Crippen MR) is 81.5 cm³/mol. The summed E-state index contributed by atoms with van der Waals surface area (Å²) in [5, 5.41) is 3.47. The lowest BCUT2D eigenvalue weighted by molar-refractivity contribution is 0.0946. The molecule has 22 heavy (non-hydrogen) atoms. The Morgan fingerprint density at radius 3 is 2.91 bits per heavy atom. The van der Waals surface area contributed by atoms with Gasteiger partial charge in [0.05, 0.1) is 5.52 Å². The highest BCUT2D eigenvalue weighted by Gasteiger charge is 2.11. The van der Waals surface area contributed by atoms with E-state index < -0.39 is 5.82 Å². The molecule has 0 radical (unpaired) electrons. The SMILES string of the molecule is Nc1cccc(F)c1CNC(=O)c1ccc2cnccc2n1. The first kappa shape index (κ1) is 13.9. The molecule has 3 N–H and O–H groups in total. The number of benzene rings is 1. The average Bonchev–Trinajstić information content (AvgIpc) is 2.53. The number of nitrogens with one attached hydrogen (secondary N) is 1. The molecule has 2 heterocycles. The highest BCUT2D eigenvalue weighted by atomic mass is 19.1. The van der Waals surface area contributed by atoms with Crippen LogP contribution in [0.25, 0.3) is 10.9 Å². The summed E-state index contributed by atoms with van der Waals surface area (Å²) in [6.07, 6.45) is 3.28. The average molecular weight is 296 g/mol. The molecule has 2 aromatic heterocycles. The fourth-order valence-electron chi connectivity index (χ4n) is 2.11. The molecule has 0 spiro atoms. The number of amides is 1. The van der Waals surface area contributed by atoms with Crippen molar-refractivity contribution < 1.29 is 9.18 Å². The third kappa shape index (κ3) is 2.71. The molecule has 1 amide bonds. The van der Waals surface area contributed by atoms with Crippen molar-refractivity contribution >= 4 is 22.5 Å². The molecule has 1 aromatic carbocycles. The molecule has 0 aliphatic carbocycles. The van der Waals surface area contributed by atoms with Gasteiger partial charge in [-0.1, -0.05) is 6.07 Å². The van der Waals surface area contributed by atoms with Crippen LogP contribution >= 0.6 is 0 Å². The Kier molecular flexibility index (Phi) is 3.65. The Morgan fingerprint density at radius 2 is 2.09 bits per heavy atom. The van der Waals surface area contributed by atoms with Gasteiger partial charge in [0.2, 0.25) is 0 Å². The minimum absolute atomic E-state index is 0.00734. The molecule has 0 atom stereocenters. The van der Waals surface area contributed by atoms with Crippen molar-refractivity contribution in [2.75, 3.05) is 5.73 Å². The van der Waals surface area contributed by atoms with Gasteiger partial charge in [-0.3, -0.25) is 9.78 Å². The number of hydrogen-bond donors (Lipinski definition) is 2. The quantitative estimate of drug-likeness (QED) is 0.727. The number of carbonyl (C=O) groups is 1. The molecule has 3 rings (SSSR count). The van der Waals surface area contributed by atoms with Gasteiger partial charge in [-0.05, 0) is 30.3 Å². The minimum Gasteiger partial charge on any atom is -0.398 e. The third-order valence-electron chi connectivity index (χ3n) is 3.30. The lowest BCUT2D eigenvalue weighted by atomic mass is 10.1. The molecule has 0 unspecified atom stereocenters. The van der Waals surface area contributed by atoms with Crippen LogP contribution in [0.4, 0.5) is 10.1 Å². The monoisotopic (exact) mass is 296 g/mol. The smallest absolute Gasteiger partial charge is 0.270 e. The number of rotatable bonds is 3. The van der Waals surface area contributed by atoms with Gasteiger partial charge in [-0.2, -0.15) is 0 Å². The van der Waals surface area contributed by atoms with Crippen LogP contribution in [-0.4, -0.2) is 15.9 Å². The van der Waals surface area contributed by atoms with Crippen LogP contribution in [0.3, 0.4) is 0 Å². The molecular weight excluding hydrogens is 283 g/mol. The zero-order chi connectivity index (χ0) is 15.5. The van der Waals surface area contributed by atoms with Crippen LogP contribution < -0.4 is 11.1 Å². The lowest BCUT2D eigenvalue weighted by Crippen LogP contribution is -2.24. The summed E-state index contributed by atoms with van der Waals surface area (Å²) in [4.78, 5) is 20.4. The first-order chi connectivity index (χ1) is 10.6. The lowest BCUT2D eigenvalue weighted by Gasteiger charge is -2.09. The first-order valence-electron chi connectivity index (χ1n) is 6.67. The summed E-state index contributed by atoms with van der Waals surface area (Å²) < 4.78 is 13.7. The number of fused-ring (bicyclic) bond motifs is 1.